The molecule has 0 spiro atoms. The second-order valence-corrected chi connectivity index (χ2v) is 7.81. The molecule has 0 radical (unpaired) electrons. The Bertz CT molecular complexity index is 380. The van der Waals surface area contributed by atoms with E-state index in [9.17, 15) is 4.79 Å². The van der Waals surface area contributed by atoms with E-state index in [1.807, 2.05) is 0 Å². The summed E-state index contributed by atoms with van der Waals surface area (Å²) in [5, 5.41) is 8.99. The first-order chi connectivity index (χ1) is 11.3. The molecule has 3 aliphatic rings. The van der Waals surface area contributed by atoms with Crippen LogP contribution in [0, 0.1) is 5.92 Å². The third kappa shape index (κ3) is 4.27. The fraction of sp³-hybridized carbons (Fsp3) is 0.947. The van der Waals surface area contributed by atoms with Gasteiger partial charge in [-0.1, -0.05) is 25.7 Å². The highest BCUT2D eigenvalue weighted by Crippen LogP contribution is 2.34. The van der Waals surface area contributed by atoms with Crippen LogP contribution in [0.1, 0.15) is 70.6 Å². The predicted octanol–water partition coefficient (Wildman–Crippen LogP) is 2.79. The summed E-state index contributed by atoms with van der Waals surface area (Å²) >= 11 is 0. The van der Waals surface area contributed by atoms with Gasteiger partial charge >= 0.3 is 0 Å². The average molecular weight is 322 g/mol. The lowest BCUT2D eigenvalue weighted by Gasteiger charge is -2.49. The van der Waals surface area contributed by atoms with Crippen molar-refractivity contribution in [1.82, 2.24) is 9.80 Å². The predicted molar refractivity (Wildman–Crippen MR) is 92.2 cm³/mol. The summed E-state index contributed by atoms with van der Waals surface area (Å²) in [6.45, 7) is 3.48. The van der Waals surface area contributed by atoms with Gasteiger partial charge in [0.05, 0.1) is 0 Å². The Morgan fingerprint density at radius 3 is 2.52 bits per heavy atom. The van der Waals surface area contributed by atoms with E-state index in [-0.39, 0.29) is 6.61 Å². The fourth-order valence-corrected chi connectivity index (χ4v) is 5.02. The number of unbranched alkanes of at least 4 members (excludes halogenated alkanes) is 1. The van der Waals surface area contributed by atoms with Gasteiger partial charge in [0.25, 0.3) is 0 Å². The van der Waals surface area contributed by atoms with Crippen molar-refractivity contribution in [2.75, 3.05) is 26.2 Å². The Labute approximate surface area is 141 Å². The second-order valence-electron chi connectivity index (χ2n) is 7.81. The van der Waals surface area contributed by atoms with E-state index in [1.165, 1.54) is 51.6 Å². The van der Waals surface area contributed by atoms with Crippen molar-refractivity contribution in [3.63, 3.8) is 0 Å². The lowest BCUT2D eigenvalue weighted by atomic mass is 9.82. The summed E-state index contributed by atoms with van der Waals surface area (Å²) in [6, 6.07) is 1.27. The molecule has 2 heterocycles. The van der Waals surface area contributed by atoms with Crippen LogP contribution in [-0.2, 0) is 4.79 Å². The van der Waals surface area contributed by atoms with Gasteiger partial charge in [0.1, 0.15) is 0 Å². The molecule has 132 valence electrons. The van der Waals surface area contributed by atoms with E-state index in [0.29, 0.717) is 17.9 Å². The second kappa shape index (κ2) is 8.48. The van der Waals surface area contributed by atoms with Crippen LogP contribution in [-0.4, -0.2) is 59.1 Å². The highest BCUT2D eigenvalue weighted by molar-refractivity contribution is 5.77. The fourth-order valence-electron chi connectivity index (χ4n) is 5.02. The summed E-state index contributed by atoms with van der Waals surface area (Å²) in [5.41, 5.74) is 0. The van der Waals surface area contributed by atoms with Crippen LogP contribution < -0.4 is 0 Å². The zero-order valence-corrected chi connectivity index (χ0v) is 14.6. The third-order valence-corrected chi connectivity index (χ3v) is 6.32. The molecule has 0 unspecified atom stereocenters. The maximum absolute atomic E-state index is 12.3. The van der Waals surface area contributed by atoms with Crippen LogP contribution in [0.2, 0.25) is 0 Å². The van der Waals surface area contributed by atoms with Gasteiger partial charge < -0.3 is 10.0 Å². The standard InChI is InChI=1S/C19H34N2O2/c22-14-6-5-12-21-18-11-13-20(15-16(18)9-10-19(21)23)17-7-3-1-2-4-8-17/h16-18,22H,1-15H2/t16-,18+/m0/s1. The molecule has 4 heteroatoms. The van der Waals surface area contributed by atoms with Crippen molar-refractivity contribution in [3.05, 3.63) is 0 Å². The Morgan fingerprint density at radius 2 is 1.78 bits per heavy atom. The van der Waals surface area contributed by atoms with Gasteiger partial charge in [-0.15, -0.1) is 0 Å². The van der Waals surface area contributed by atoms with Crippen molar-refractivity contribution in [1.29, 1.82) is 0 Å². The molecule has 23 heavy (non-hydrogen) atoms. The van der Waals surface area contributed by atoms with Crippen molar-refractivity contribution in [2.45, 2.75) is 82.7 Å². The van der Waals surface area contributed by atoms with Gasteiger partial charge in [-0.2, -0.15) is 0 Å². The van der Waals surface area contributed by atoms with E-state index >= 15 is 0 Å². The summed E-state index contributed by atoms with van der Waals surface area (Å²) in [6.07, 6.45) is 13.2. The molecule has 0 aromatic heterocycles. The monoisotopic (exact) mass is 322 g/mol. The molecule has 1 aliphatic carbocycles. The minimum absolute atomic E-state index is 0.242. The van der Waals surface area contributed by atoms with E-state index in [2.05, 4.69) is 9.80 Å². The molecule has 1 amide bonds. The van der Waals surface area contributed by atoms with E-state index in [0.717, 1.165) is 44.7 Å². The molecule has 3 rings (SSSR count). The quantitative estimate of drug-likeness (QED) is 0.625. The minimum atomic E-state index is 0.242. The number of aliphatic hydroxyl groups is 1. The van der Waals surface area contributed by atoms with Gasteiger partial charge in [0.2, 0.25) is 5.91 Å². The first kappa shape index (κ1) is 17.2. The third-order valence-electron chi connectivity index (χ3n) is 6.32. The summed E-state index contributed by atoms with van der Waals surface area (Å²) < 4.78 is 0. The molecule has 3 fully saturated rings. The van der Waals surface area contributed by atoms with Gasteiger partial charge in [-0.25, -0.2) is 0 Å². The maximum atomic E-state index is 12.3. The van der Waals surface area contributed by atoms with Gasteiger partial charge in [-0.05, 0) is 44.4 Å². The number of rotatable bonds is 5. The lowest BCUT2D eigenvalue weighted by Crippen LogP contribution is -2.57. The van der Waals surface area contributed by atoms with Crippen LogP contribution in [0.4, 0.5) is 0 Å². The zero-order chi connectivity index (χ0) is 16.1. The molecule has 4 nitrogen and oxygen atoms in total. The Hall–Kier alpha value is -0.610. The number of likely N-dealkylation sites (tertiary alicyclic amines) is 2. The molecular formula is C19H34N2O2. The van der Waals surface area contributed by atoms with Crippen LogP contribution in [0.5, 0.6) is 0 Å². The molecule has 2 atom stereocenters. The van der Waals surface area contributed by atoms with Crippen molar-refractivity contribution in [2.24, 2.45) is 5.92 Å². The number of amides is 1. The van der Waals surface area contributed by atoms with Crippen LogP contribution in [0.3, 0.4) is 0 Å². The van der Waals surface area contributed by atoms with E-state index in [1.54, 1.807) is 0 Å². The number of carbonyl (C=O) groups excluding carboxylic acids is 1. The SMILES string of the molecule is O=C1CC[C@H]2CN(C3CCCCCC3)CC[C@H]2N1CCCCO. The largest absolute Gasteiger partial charge is 0.396 e. The van der Waals surface area contributed by atoms with Gasteiger partial charge in [-0.3, -0.25) is 9.69 Å². The number of carbonyl (C=O) groups is 1. The Balaban J connectivity index is 1.57. The number of piperidine rings is 2. The number of fused-ring (bicyclic) bond motifs is 1. The first-order valence-corrected chi connectivity index (χ1v) is 9.94. The lowest BCUT2D eigenvalue weighted by molar-refractivity contribution is -0.141. The van der Waals surface area contributed by atoms with Crippen molar-refractivity contribution in [3.8, 4) is 0 Å². The molecule has 0 aromatic rings. The van der Waals surface area contributed by atoms with Crippen molar-refractivity contribution >= 4 is 5.91 Å². The summed E-state index contributed by atoms with van der Waals surface area (Å²) in [7, 11) is 0. The normalized spacial score (nSPS) is 31.0. The number of aliphatic hydroxyl groups excluding tert-OH is 1. The topological polar surface area (TPSA) is 43.8 Å². The Morgan fingerprint density at radius 1 is 1.00 bits per heavy atom. The molecular weight excluding hydrogens is 288 g/mol. The van der Waals surface area contributed by atoms with Crippen LogP contribution in [0.15, 0.2) is 0 Å². The highest BCUT2D eigenvalue weighted by Gasteiger charge is 2.40. The number of hydrogen-bond acceptors (Lipinski definition) is 3. The first-order valence-electron chi connectivity index (χ1n) is 9.94. The summed E-state index contributed by atoms with van der Waals surface area (Å²) in [4.78, 5) is 17.2. The number of hydrogen-bond donors (Lipinski definition) is 1. The molecule has 2 aliphatic heterocycles. The zero-order valence-electron chi connectivity index (χ0n) is 14.6. The van der Waals surface area contributed by atoms with Gasteiger partial charge in [0, 0.05) is 44.7 Å². The summed E-state index contributed by atoms with van der Waals surface area (Å²) in [5.74, 6) is 1.03. The van der Waals surface area contributed by atoms with Crippen molar-refractivity contribution < 1.29 is 9.90 Å². The smallest absolute Gasteiger partial charge is 0.222 e. The van der Waals surface area contributed by atoms with Gasteiger partial charge in [0.15, 0.2) is 0 Å². The van der Waals surface area contributed by atoms with Crippen LogP contribution >= 0.6 is 0 Å². The van der Waals surface area contributed by atoms with Crippen LogP contribution in [0.25, 0.3) is 0 Å². The maximum Gasteiger partial charge on any atom is 0.222 e. The van der Waals surface area contributed by atoms with E-state index in [4.69, 9.17) is 5.11 Å². The molecule has 1 saturated carbocycles. The minimum Gasteiger partial charge on any atom is -0.396 e. The molecule has 0 aromatic carbocycles. The molecule has 0 bridgehead atoms. The average Bonchev–Trinajstić information content (AvgIpc) is 2.86. The highest BCUT2D eigenvalue weighted by atomic mass is 16.3. The molecule has 1 N–H and O–H groups in total. The molecule has 2 saturated heterocycles. The van der Waals surface area contributed by atoms with E-state index < -0.39 is 0 Å². The Kier molecular flexibility index (Phi) is 6.35. The number of nitrogens with zero attached hydrogens (tertiary/aromatic N) is 2.